The quantitative estimate of drug-likeness (QED) is 0.579. The second kappa shape index (κ2) is 8.35. The molecule has 170 valence electrons. The average molecular weight is 507 g/mol. The van der Waals surface area contributed by atoms with Gasteiger partial charge in [-0.25, -0.2) is 12.8 Å². The van der Waals surface area contributed by atoms with Gasteiger partial charge in [0, 0.05) is 10.9 Å². The summed E-state index contributed by atoms with van der Waals surface area (Å²) < 4.78 is 77.4. The van der Waals surface area contributed by atoms with Crippen LogP contribution in [0.25, 0.3) is 0 Å². The predicted octanol–water partition coefficient (Wildman–Crippen LogP) is 4.34. The fourth-order valence-electron chi connectivity index (χ4n) is 3.67. The Morgan fingerprint density at radius 2 is 1.84 bits per heavy atom. The molecule has 2 aliphatic heterocycles. The van der Waals surface area contributed by atoms with Crippen LogP contribution in [0, 0.1) is 5.82 Å². The Morgan fingerprint density at radius 3 is 2.50 bits per heavy atom. The molecule has 0 aromatic heterocycles. The Kier molecular flexibility index (Phi) is 6.01. The second-order valence-corrected chi connectivity index (χ2v) is 11.2. The van der Waals surface area contributed by atoms with Crippen molar-refractivity contribution in [1.29, 1.82) is 0 Å². The number of benzene rings is 2. The fourth-order valence-corrected chi connectivity index (χ4v) is 7.83. The number of fused-ring (bicyclic) bond motifs is 1. The summed E-state index contributed by atoms with van der Waals surface area (Å²) in [6.45, 7) is 0. The molecule has 12 heteroatoms. The van der Waals surface area contributed by atoms with Gasteiger partial charge in [-0.3, -0.25) is 4.79 Å². The lowest BCUT2D eigenvalue weighted by molar-refractivity contribution is -0.137. The van der Waals surface area contributed by atoms with Crippen LogP contribution in [0.15, 0.2) is 47.5 Å². The van der Waals surface area contributed by atoms with Crippen molar-refractivity contribution in [1.82, 2.24) is 0 Å². The molecule has 1 amide bonds. The lowest BCUT2D eigenvalue weighted by Crippen LogP contribution is -2.38. The van der Waals surface area contributed by atoms with E-state index in [1.807, 2.05) is 0 Å². The number of aliphatic imine (C=N–C) groups is 1. The van der Waals surface area contributed by atoms with E-state index in [1.54, 1.807) is 0 Å². The molecule has 2 fully saturated rings. The van der Waals surface area contributed by atoms with Gasteiger partial charge in [0.2, 0.25) is 0 Å². The Hall–Kier alpha value is -2.11. The lowest BCUT2D eigenvalue weighted by Gasteiger charge is -2.25. The number of anilines is 1. The number of alkyl halides is 3. The summed E-state index contributed by atoms with van der Waals surface area (Å²) in [5.74, 6) is -1.47. The van der Waals surface area contributed by atoms with Crippen molar-refractivity contribution in [2.24, 2.45) is 4.99 Å². The zero-order valence-corrected chi connectivity index (χ0v) is 18.5. The van der Waals surface area contributed by atoms with Gasteiger partial charge in [-0.1, -0.05) is 35.5 Å². The van der Waals surface area contributed by atoms with Crippen LogP contribution in [0.3, 0.4) is 0 Å². The molecule has 2 aliphatic rings. The maximum absolute atomic E-state index is 13.4. The van der Waals surface area contributed by atoms with Crippen molar-refractivity contribution >= 4 is 50.0 Å². The highest BCUT2D eigenvalue weighted by molar-refractivity contribution is 8.16. The van der Waals surface area contributed by atoms with Crippen molar-refractivity contribution in [2.45, 2.75) is 23.9 Å². The van der Waals surface area contributed by atoms with Gasteiger partial charge < -0.3 is 4.90 Å². The number of carbonyl (C=O) groups excluding carboxylic acids is 1. The number of rotatable bonds is 3. The molecule has 0 radical (unpaired) electrons. The SMILES string of the molecule is O=C(Cc1ccc(F)cc1)N=C1S[C@@H]2CS(=O)(=O)C[C@@H]2N1c1ccc(Cl)c(C(F)(F)F)c1. The minimum absolute atomic E-state index is 0.0483. The van der Waals surface area contributed by atoms with E-state index in [-0.39, 0.29) is 28.8 Å². The molecule has 0 unspecified atom stereocenters. The normalized spacial score (nSPS) is 23.5. The largest absolute Gasteiger partial charge is 0.417 e. The Balaban J connectivity index is 1.70. The molecule has 0 bridgehead atoms. The molecular formula is C20H15ClF4N2O3S2. The first-order valence-electron chi connectivity index (χ1n) is 9.32. The molecule has 0 N–H and O–H groups in total. The van der Waals surface area contributed by atoms with Gasteiger partial charge in [-0.05, 0) is 35.9 Å². The summed E-state index contributed by atoms with van der Waals surface area (Å²) in [5.41, 5.74) is -0.501. The van der Waals surface area contributed by atoms with E-state index in [2.05, 4.69) is 4.99 Å². The summed E-state index contributed by atoms with van der Waals surface area (Å²) in [7, 11) is -3.38. The van der Waals surface area contributed by atoms with Crippen LogP contribution < -0.4 is 4.90 Å². The molecule has 5 nitrogen and oxygen atoms in total. The highest BCUT2D eigenvalue weighted by atomic mass is 35.5. The summed E-state index contributed by atoms with van der Waals surface area (Å²) in [6.07, 6.45) is -4.85. The zero-order valence-electron chi connectivity index (χ0n) is 16.1. The maximum atomic E-state index is 13.4. The fraction of sp³-hybridized carbons (Fsp3) is 0.300. The van der Waals surface area contributed by atoms with Crippen molar-refractivity contribution in [3.63, 3.8) is 0 Å². The molecule has 0 spiro atoms. The first-order valence-corrected chi connectivity index (χ1v) is 12.4. The van der Waals surface area contributed by atoms with Crippen molar-refractivity contribution in [3.8, 4) is 0 Å². The van der Waals surface area contributed by atoms with E-state index in [9.17, 15) is 30.8 Å². The van der Waals surface area contributed by atoms with Gasteiger partial charge in [0.1, 0.15) is 5.82 Å². The maximum Gasteiger partial charge on any atom is 0.417 e. The van der Waals surface area contributed by atoms with E-state index in [0.29, 0.717) is 5.56 Å². The topological polar surface area (TPSA) is 66.8 Å². The van der Waals surface area contributed by atoms with E-state index in [1.165, 1.54) is 35.2 Å². The molecule has 2 aromatic rings. The van der Waals surface area contributed by atoms with E-state index >= 15 is 0 Å². The van der Waals surface area contributed by atoms with E-state index in [4.69, 9.17) is 11.6 Å². The van der Waals surface area contributed by atoms with Crippen molar-refractivity contribution in [2.75, 3.05) is 16.4 Å². The number of sulfone groups is 1. The molecule has 4 rings (SSSR count). The lowest BCUT2D eigenvalue weighted by atomic mass is 10.1. The molecule has 0 aliphatic carbocycles. The minimum Gasteiger partial charge on any atom is -0.316 e. The minimum atomic E-state index is -4.71. The van der Waals surface area contributed by atoms with Gasteiger partial charge in [0.15, 0.2) is 15.0 Å². The molecule has 0 saturated carbocycles. The Labute approximate surface area is 190 Å². The molecule has 32 heavy (non-hydrogen) atoms. The number of amides is 1. The zero-order chi connectivity index (χ0) is 23.3. The van der Waals surface area contributed by atoms with Crippen LogP contribution in [0.4, 0.5) is 23.2 Å². The van der Waals surface area contributed by atoms with Crippen molar-refractivity contribution < 1.29 is 30.8 Å². The molecule has 2 heterocycles. The van der Waals surface area contributed by atoms with Crippen LogP contribution in [-0.4, -0.2) is 42.3 Å². The number of thioether (sulfide) groups is 1. The number of hydrogen-bond acceptors (Lipinski definition) is 4. The first kappa shape index (κ1) is 23.1. The Bertz CT molecular complexity index is 1200. The highest BCUT2D eigenvalue weighted by Gasteiger charge is 2.49. The van der Waals surface area contributed by atoms with E-state index in [0.717, 1.165) is 23.9 Å². The third-order valence-electron chi connectivity index (χ3n) is 5.09. The van der Waals surface area contributed by atoms with Crippen LogP contribution in [0.5, 0.6) is 0 Å². The van der Waals surface area contributed by atoms with Gasteiger partial charge in [-0.2, -0.15) is 18.2 Å². The van der Waals surface area contributed by atoms with Gasteiger partial charge in [0.25, 0.3) is 5.91 Å². The number of halogens is 5. The summed E-state index contributed by atoms with van der Waals surface area (Å²) in [5, 5.41) is -0.839. The third kappa shape index (κ3) is 4.79. The monoisotopic (exact) mass is 506 g/mol. The summed E-state index contributed by atoms with van der Waals surface area (Å²) in [4.78, 5) is 17.9. The molecule has 2 saturated heterocycles. The van der Waals surface area contributed by atoms with E-state index < -0.39 is 49.6 Å². The number of hydrogen-bond donors (Lipinski definition) is 0. The predicted molar refractivity (Wildman–Crippen MR) is 115 cm³/mol. The van der Waals surface area contributed by atoms with Crippen LogP contribution in [0.2, 0.25) is 5.02 Å². The molecule has 2 aromatic carbocycles. The van der Waals surface area contributed by atoms with Gasteiger partial charge in [0.05, 0.1) is 34.6 Å². The third-order valence-corrected chi connectivity index (χ3v) is 8.63. The summed E-state index contributed by atoms with van der Waals surface area (Å²) >= 11 is 6.76. The van der Waals surface area contributed by atoms with Crippen molar-refractivity contribution in [3.05, 3.63) is 64.4 Å². The van der Waals surface area contributed by atoms with Crippen LogP contribution in [-0.2, 0) is 27.2 Å². The van der Waals surface area contributed by atoms with Crippen LogP contribution in [0.1, 0.15) is 11.1 Å². The second-order valence-electron chi connectivity index (χ2n) is 7.42. The smallest absolute Gasteiger partial charge is 0.316 e. The Morgan fingerprint density at radius 1 is 1.16 bits per heavy atom. The van der Waals surface area contributed by atoms with Gasteiger partial charge in [-0.15, -0.1) is 0 Å². The first-order chi connectivity index (χ1) is 14.9. The highest BCUT2D eigenvalue weighted by Crippen LogP contribution is 2.43. The molecular weight excluding hydrogens is 492 g/mol. The summed E-state index contributed by atoms with van der Waals surface area (Å²) in [6, 6.07) is 7.86. The average Bonchev–Trinajstić information content (AvgIpc) is 3.14. The number of amidine groups is 1. The number of nitrogens with zero attached hydrogens (tertiary/aromatic N) is 2. The van der Waals surface area contributed by atoms with Gasteiger partial charge >= 0.3 is 6.18 Å². The number of carbonyl (C=O) groups is 1. The molecule has 2 atom stereocenters. The van der Waals surface area contributed by atoms with Crippen LogP contribution >= 0.6 is 23.4 Å². The standard InChI is InChI=1S/C20H15ClF4N2O3S2/c21-15-6-5-13(8-14(15)20(23,24)25)27-16-9-32(29,30)10-17(16)31-19(27)26-18(28)7-11-1-3-12(22)4-2-11/h1-6,8,16-17H,7,9-10H2/t16-,17+/m0/s1.